The molecule has 2 aliphatic carbocycles. The summed E-state index contributed by atoms with van der Waals surface area (Å²) < 4.78 is 13.8. The fourth-order valence-corrected chi connectivity index (χ4v) is 7.65. The van der Waals surface area contributed by atoms with Crippen molar-refractivity contribution < 1.29 is 14.3 Å². The van der Waals surface area contributed by atoms with Crippen LogP contribution in [0.25, 0.3) is 22.3 Å². The molecule has 4 aromatic rings. The van der Waals surface area contributed by atoms with Crippen LogP contribution in [0.15, 0.2) is 60.9 Å². The van der Waals surface area contributed by atoms with Crippen molar-refractivity contribution in [2.75, 3.05) is 18.8 Å². The second-order valence-corrected chi connectivity index (χ2v) is 13.8. The van der Waals surface area contributed by atoms with Crippen molar-refractivity contribution in [3.63, 3.8) is 0 Å². The maximum Gasteiger partial charge on any atom is 0.309 e. The Morgan fingerprint density at radius 3 is 2.30 bits per heavy atom. The van der Waals surface area contributed by atoms with Crippen molar-refractivity contribution in [2.24, 2.45) is 17.8 Å². The second kappa shape index (κ2) is 11.5. The van der Waals surface area contributed by atoms with Gasteiger partial charge in [0.2, 0.25) is 0 Å². The highest BCUT2D eigenvalue weighted by atomic mass is 16.6. The molecule has 2 aromatic heterocycles. The van der Waals surface area contributed by atoms with Crippen molar-refractivity contribution in [2.45, 2.75) is 77.0 Å². The minimum absolute atomic E-state index is 0.0131. The standard InChI is InChI=1S/C35H42N6O3/c1-35(2,3)44-34(42)23-8-7-9-26(16-23)40-19-24-17-27(18-25(24)20-40)41-33-30(32(36)37-21-38-33)31(39-41)22-12-14-29(15-13-22)43-28-10-5-4-6-11-28/h4-6,10-15,21,23-27H,7-9,16-20H2,1-3H3,(H2,36,37,38)/t23?,24-,25+,26?,27?. The number of benzene rings is 2. The number of hydrogen-bond acceptors (Lipinski definition) is 8. The molecule has 0 amide bonds. The molecule has 2 saturated carbocycles. The number of carbonyl (C=O) groups is 1. The van der Waals surface area contributed by atoms with Crippen molar-refractivity contribution >= 4 is 22.8 Å². The largest absolute Gasteiger partial charge is 0.460 e. The number of nitrogen functional groups attached to an aromatic ring is 1. The predicted molar refractivity (Wildman–Crippen MR) is 170 cm³/mol. The first kappa shape index (κ1) is 28.8. The quantitative estimate of drug-likeness (QED) is 0.247. The third-order valence-electron chi connectivity index (χ3n) is 9.63. The fraction of sp³-hybridized carbons (Fsp3) is 0.486. The topological polar surface area (TPSA) is 108 Å². The summed E-state index contributed by atoms with van der Waals surface area (Å²) in [5.74, 6) is 3.21. The molecule has 3 heterocycles. The summed E-state index contributed by atoms with van der Waals surface area (Å²) in [5, 5.41) is 5.94. The molecule has 3 aliphatic rings. The molecule has 3 fully saturated rings. The van der Waals surface area contributed by atoms with Gasteiger partial charge in [-0.1, -0.05) is 24.6 Å². The first-order chi connectivity index (χ1) is 21.2. The number of carbonyl (C=O) groups excluding carboxylic acids is 1. The van der Waals surface area contributed by atoms with Gasteiger partial charge in [-0.3, -0.25) is 9.69 Å². The Morgan fingerprint density at radius 2 is 1.59 bits per heavy atom. The zero-order valence-electron chi connectivity index (χ0n) is 25.9. The van der Waals surface area contributed by atoms with Crippen LogP contribution in [0.4, 0.5) is 5.82 Å². The average molecular weight is 595 g/mol. The summed E-state index contributed by atoms with van der Waals surface area (Å²) in [6.07, 6.45) is 7.78. The van der Waals surface area contributed by atoms with Crippen LogP contribution in [-0.4, -0.2) is 55.4 Å². The molecule has 9 nitrogen and oxygen atoms in total. The third kappa shape index (κ3) is 5.77. The summed E-state index contributed by atoms with van der Waals surface area (Å²) in [4.78, 5) is 24.5. The van der Waals surface area contributed by atoms with E-state index in [9.17, 15) is 4.79 Å². The molecule has 5 atom stereocenters. The van der Waals surface area contributed by atoms with Crippen LogP contribution in [-0.2, 0) is 9.53 Å². The molecule has 44 heavy (non-hydrogen) atoms. The van der Waals surface area contributed by atoms with Gasteiger partial charge in [-0.2, -0.15) is 5.10 Å². The molecule has 2 aromatic carbocycles. The Morgan fingerprint density at radius 1 is 0.886 bits per heavy atom. The van der Waals surface area contributed by atoms with Crippen LogP contribution in [0.1, 0.15) is 65.3 Å². The summed E-state index contributed by atoms with van der Waals surface area (Å²) in [6.45, 7) is 8.02. The number of para-hydroxylation sites is 1. The Hall–Kier alpha value is -3.98. The van der Waals surface area contributed by atoms with Crippen molar-refractivity contribution in [3.05, 3.63) is 60.9 Å². The number of hydrogen-bond donors (Lipinski definition) is 1. The molecule has 2 N–H and O–H groups in total. The summed E-state index contributed by atoms with van der Waals surface area (Å²) >= 11 is 0. The Kier molecular flexibility index (Phi) is 7.52. The maximum atomic E-state index is 12.8. The number of aromatic nitrogens is 4. The lowest BCUT2D eigenvalue weighted by atomic mass is 9.85. The zero-order chi connectivity index (χ0) is 30.4. The molecule has 9 heteroatoms. The van der Waals surface area contributed by atoms with Crippen LogP contribution < -0.4 is 10.5 Å². The SMILES string of the molecule is CC(C)(C)OC(=O)C1CCCC(N2C[C@H]3CC(n4nc(-c5ccc(Oc6ccccc6)cc5)c5c(N)ncnc54)C[C@H]3C2)C1. The van der Waals surface area contributed by atoms with E-state index in [0.717, 1.165) is 79.0 Å². The van der Waals surface area contributed by atoms with Crippen LogP contribution in [0.5, 0.6) is 11.5 Å². The van der Waals surface area contributed by atoms with Gasteiger partial charge in [0.1, 0.15) is 34.9 Å². The van der Waals surface area contributed by atoms with Gasteiger partial charge in [0, 0.05) is 24.7 Å². The van der Waals surface area contributed by atoms with Gasteiger partial charge in [0.05, 0.1) is 17.3 Å². The summed E-state index contributed by atoms with van der Waals surface area (Å²) in [6, 6.07) is 18.4. The number of likely N-dealkylation sites (tertiary alicyclic amines) is 1. The van der Waals surface area contributed by atoms with E-state index in [1.165, 1.54) is 12.7 Å². The molecule has 0 radical (unpaired) electrons. The molecular formula is C35H42N6O3. The van der Waals surface area contributed by atoms with Gasteiger partial charge >= 0.3 is 5.97 Å². The van der Waals surface area contributed by atoms with E-state index >= 15 is 0 Å². The Balaban J connectivity index is 1.06. The third-order valence-corrected chi connectivity index (χ3v) is 9.63. The van der Waals surface area contributed by atoms with Gasteiger partial charge in [-0.25, -0.2) is 14.6 Å². The highest BCUT2D eigenvalue weighted by Gasteiger charge is 2.45. The van der Waals surface area contributed by atoms with E-state index in [0.29, 0.717) is 23.7 Å². The molecular weight excluding hydrogens is 552 g/mol. The molecule has 1 saturated heterocycles. The number of esters is 1. The minimum Gasteiger partial charge on any atom is -0.460 e. The Labute approximate surface area is 258 Å². The van der Waals surface area contributed by atoms with Gasteiger partial charge in [0.15, 0.2) is 5.65 Å². The summed E-state index contributed by atoms with van der Waals surface area (Å²) in [5.41, 5.74) is 8.55. The number of nitrogens with two attached hydrogens (primary N) is 1. The molecule has 7 rings (SSSR count). The van der Waals surface area contributed by atoms with Gasteiger partial charge in [0.25, 0.3) is 0 Å². The normalized spacial score (nSPS) is 25.7. The van der Waals surface area contributed by atoms with Gasteiger partial charge in [-0.05, 0) is 101 Å². The van der Waals surface area contributed by atoms with Crippen LogP contribution >= 0.6 is 0 Å². The molecule has 0 spiro atoms. The van der Waals surface area contributed by atoms with E-state index in [1.807, 2.05) is 75.4 Å². The van der Waals surface area contributed by atoms with Crippen molar-refractivity contribution in [3.8, 4) is 22.8 Å². The lowest BCUT2D eigenvalue weighted by Crippen LogP contribution is -2.41. The molecule has 0 bridgehead atoms. The highest BCUT2D eigenvalue weighted by molar-refractivity contribution is 5.98. The van der Waals surface area contributed by atoms with Gasteiger partial charge in [-0.15, -0.1) is 0 Å². The first-order valence-corrected chi connectivity index (χ1v) is 16.0. The van der Waals surface area contributed by atoms with E-state index in [-0.39, 0.29) is 17.9 Å². The maximum absolute atomic E-state index is 12.8. The number of anilines is 1. The lowest BCUT2D eigenvalue weighted by molar-refractivity contribution is -0.161. The molecule has 1 aliphatic heterocycles. The molecule has 230 valence electrons. The number of ether oxygens (including phenoxy) is 2. The highest BCUT2D eigenvalue weighted by Crippen LogP contribution is 2.47. The smallest absolute Gasteiger partial charge is 0.309 e. The number of fused-ring (bicyclic) bond motifs is 2. The van der Waals surface area contributed by atoms with E-state index < -0.39 is 5.60 Å². The number of nitrogens with zero attached hydrogens (tertiary/aromatic N) is 5. The van der Waals surface area contributed by atoms with Crippen molar-refractivity contribution in [1.29, 1.82) is 0 Å². The minimum atomic E-state index is -0.434. The first-order valence-electron chi connectivity index (χ1n) is 16.0. The van der Waals surface area contributed by atoms with E-state index in [2.05, 4.69) is 19.5 Å². The van der Waals surface area contributed by atoms with Crippen LogP contribution in [0, 0.1) is 17.8 Å². The predicted octanol–water partition coefficient (Wildman–Crippen LogP) is 6.65. The van der Waals surface area contributed by atoms with E-state index in [1.54, 1.807) is 0 Å². The fourth-order valence-electron chi connectivity index (χ4n) is 7.65. The number of rotatable bonds is 6. The van der Waals surface area contributed by atoms with E-state index in [4.69, 9.17) is 20.3 Å². The monoisotopic (exact) mass is 594 g/mol. The second-order valence-electron chi connectivity index (χ2n) is 13.8. The van der Waals surface area contributed by atoms with Crippen LogP contribution in [0.2, 0.25) is 0 Å². The van der Waals surface area contributed by atoms with Crippen LogP contribution in [0.3, 0.4) is 0 Å². The Bertz CT molecular complexity index is 1620. The lowest BCUT2D eigenvalue weighted by Gasteiger charge is -2.36. The average Bonchev–Trinajstić information content (AvgIpc) is 3.70. The zero-order valence-corrected chi connectivity index (χ0v) is 25.9. The molecule has 3 unspecified atom stereocenters. The summed E-state index contributed by atoms with van der Waals surface area (Å²) in [7, 11) is 0. The van der Waals surface area contributed by atoms with Crippen molar-refractivity contribution in [1.82, 2.24) is 24.6 Å². The van der Waals surface area contributed by atoms with Gasteiger partial charge < -0.3 is 15.2 Å².